The summed E-state index contributed by atoms with van der Waals surface area (Å²) in [4.78, 5) is 25.9. The van der Waals surface area contributed by atoms with Gasteiger partial charge >= 0.3 is 5.97 Å². The highest BCUT2D eigenvalue weighted by Gasteiger charge is 2.24. The Morgan fingerprint density at radius 3 is 1.40 bits per heavy atom. The topological polar surface area (TPSA) is 95.9 Å². The molecule has 1 amide bonds. The van der Waals surface area contributed by atoms with Gasteiger partial charge < -0.3 is 20.3 Å². The van der Waals surface area contributed by atoms with Gasteiger partial charge in [-0.25, -0.2) is 0 Å². The van der Waals surface area contributed by atoms with Gasteiger partial charge in [0.25, 0.3) is 0 Å². The average molecular weight is 736 g/mol. The van der Waals surface area contributed by atoms with Gasteiger partial charge in [0.1, 0.15) is 6.10 Å². The maximum Gasteiger partial charge on any atom is 0.306 e. The standard InChI is InChI=1S/C46H89NO5/c1-4-7-10-13-16-19-22-24-26-29-32-35-38-44(49)43(41-48)47-45(50)40-42(37-34-31-28-25-21-18-15-12-9-6-3)52-46(51)39-36-33-30-27-23-20-17-14-11-8-5-2/h18,21,42-44,48-49H,4-17,19-20,22-41H2,1-3H3,(H,47,50)/b21-18-. The van der Waals surface area contributed by atoms with E-state index in [0.717, 1.165) is 64.2 Å². The van der Waals surface area contributed by atoms with Gasteiger partial charge in [-0.15, -0.1) is 0 Å². The summed E-state index contributed by atoms with van der Waals surface area (Å²) in [6.45, 7) is 6.44. The minimum atomic E-state index is -0.783. The van der Waals surface area contributed by atoms with Crippen LogP contribution in [0.15, 0.2) is 12.2 Å². The van der Waals surface area contributed by atoms with E-state index in [4.69, 9.17) is 4.74 Å². The molecule has 52 heavy (non-hydrogen) atoms. The molecule has 0 aliphatic rings. The van der Waals surface area contributed by atoms with E-state index in [0.29, 0.717) is 19.3 Å². The fourth-order valence-corrected chi connectivity index (χ4v) is 7.07. The highest BCUT2D eigenvalue weighted by molar-refractivity contribution is 5.77. The van der Waals surface area contributed by atoms with Crippen LogP contribution >= 0.6 is 0 Å². The molecule has 0 saturated carbocycles. The third-order valence-corrected chi connectivity index (χ3v) is 10.6. The zero-order valence-electron chi connectivity index (χ0n) is 35.0. The van der Waals surface area contributed by atoms with Gasteiger partial charge in [-0.2, -0.15) is 0 Å². The van der Waals surface area contributed by atoms with Gasteiger partial charge in [0.2, 0.25) is 5.91 Å². The van der Waals surface area contributed by atoms with Crippen molar-refractivity contribution in [3.05, 3.63) is 12.2 Å². The zero-order valence-corrected chi connectivity index (χ0v) is 35.0. The van der Waals surface area contributed by atoms with E-state index in [1.54, 1.807) is 0 Å². The summed E-state index contributed by atoms with van der Waals surface area (Å²) in [5.74, 6) is -0.482. The van der Waals surface area contributed by atoms with E-state index < -0.39 is 18.2 Å². The number of hydrogen-bond acceptors (Lipinski definition) is 5. The number of hydrogen-bond donors (Lipinski definition) is 3. The van der Waals surface area contributed by atoms with E-state index in [1.165, 1.54) is 135 Å². The Morgan fingerprint density at radius 1 is 0.538 bits per heavy atom. The summed E-state index contributed by atoms with van der Waals surface area (Å²) in [5, 5.41) is 23.6. The monoisotopic (exact) mass is 736 g/mol. The normalized spacial score (nSPS) is 13.4. The fraction of sp³-hybridized carbons (Fsp3) is 0.913. The largest absolute Gasteiger partial charge is 0.462 e. The van der Waals surface area contributed by atoms with Crippen LogP contribution in [0.3, 0.4) is 0 Å². The molecule has 6 nitrogen and oxygen atoms in total. The molecule has 0 rings (SSSR count). The lowest BCUT2D eigenvalue weighted by atomic mass is 10.0. The number of esters is 1. The summed E-state index contributed by atoms with van der Waals surface area (Å²) in [6.07, 6.45) is 42.7. The van der Waals surface area contributed by atoms with Gasteiger partial charge in [-0.3, -0.25) is 9.59 Å². The number of rotatable bonds is 41. The maximum absolute atomic E-state index is 13.1. The van der Waals surface area contributed by atoms with Crippen LogP contribution in [-0.2, 0) is 14.3 Å². The van der Waals surface area contributed by atoms with Crippen LogP contribution in [0, 0.1) is 0 Å². The van der Waals surface area contributed by atoms with E-state index in [1.807, 2.05) is 0 Å². The number of nitrogens with one attached hydrogen (secondary N) is 1. The summed E-state index contributed by atoms with van der Waals surface area (Å²) < 4.78 is 5.88. The highest BCUT2D eigenvalue weighted by Crippen LogP contribution is 2.17. The number of unbranched alkanes of at least 4 members (excludes halogenated alkanes) is 27. The molecular weight excluding hydrogens is 647 g/mol. The SMILES string of the molecule is CCCCC/C=C\CCCCCC(CC(=O)NC(CO)C(O)CCCCCCCCCCCCCC)OC(=O)CCCCCCCCCCCCC. The first kappa shape index (κ1) is 50.6. The molecule has 0 heterocycles. The van der Waals surface area contributed by atoms with Crippen LogP contribution in [0.4, 0.5) is 0 Å². The predicted octanol–water partition coefficient (Wildman–Crippen LogP) is 13.0. The Morgan fingerprint density at radius 2 is 0.923 bits per heavy atom. The van der Waals surface area contributed by atoms with Crippen LogP contribution in [0.1, 0.15) is 245 Å². The first-order valence-corrected chi connectivity index (χ1v) is 22.9. The van der Waals surface area contributed by atoms with Gasteiger partial charge in [-0.1, -0.05) is 193 Å². The van der Waals surface area contributed by atoms with Crippen molar-refractivity contribution in [3.63, 3.8) is 0 Å². The summed E-state index contributed by atoms with van der Waals surface area (Å²) >= 11 is 0. The third kappa shape index (κ3) is 35.6. The van der Waals surface area contributed by atoms with Crippen molar-refractivity contribution in [1.29, 1.82) is 0 Å². The lowest BCUT2D eigenvalue weighted by molar-refractivity contribution is -0.151. The number of carbonyl (C=O) groups is 2. The molecule has 3 unspecified atom stereocenters. The molecule has 0 aromatic carbocycles. The van der Waals surface area contributed by atoms with Crippen molar-refractivity contribution in [2.45, 2.75) is 264 Å². The van der Waals surface area contributed by atoms with Gasteiger partial charge in [0.05, 0.1) is 25.2 Å². The minimum Gasteiger partial charge on any atom is -0.462 e. The predicted molar refractivity (Wildman–Crippen MR) is 223 cm³/mol. The summed E-state index contributed by atoms with van der Waals surface area (Å²) in [7, 11) is 0. The molecule has 0 aliphatic carbocycles. The molecule has 0 bridgehead atoms. The van der Waals surface area contributed by atoms with E-state index in [2.05, 4.69) is 38.2 Å². The smallest absolute Gasteiger partial charge is 0.306 e. The Bertz CT molecular complexity index is 787. The van der Waals surface area contributed by atoms with E-state index in [9.17, 15) is 19.8 Å². The molecule has 0 aromatic heterocycles. The molecule has 0 radical (unpaired) electrons. The fourth-order valence-electron chi connectivity index (χ4n) is 7.07. The van der Waals surface area contributed by atoms with Crippen molar-refractivity contribution >= 4 is 11.9 Å². The second-order valence-corrected chi connectivity index (χ2v) is 15.8. The minimum absolute atomic E-state index is 0.0726. The highest BCUT2D eigenvalue weighted by atomic mass is 16.5. The van der Waals surface area contributed by atoms with Crippen molar-refractivity contribution in [1.82, 2.24) is 5.32 Å². The Labute approximate surface area is 323 Å². The van der Waals surface area contributed by atoms with E-state index in [-0.39, 0.29) is 24.9 Å². The van der Waals surface area contributed by atoms with Crippen LogP contribution in [0.2, 0.25) is 0 Å². The number of aliphatic hydroxyl groups excluding tert-OH is 2. The van der Waals surface area contributed by atoms with Crippen molar-refractivity contribution in [2.24, 2.45) is 0 Å². The molecule has 0 aromatic rings. The lowest BCUT2D eigenvalue weighted by Gasteiger charge is -2.24. The number of allylic oxidation sites excluding steroid dienone is 2. The Balaban J connectivity index is 4.54. The molecule has 0 fully saturated rings. The summed E-state index contributed by atoms with van der Waals surface area (Å²) in [5.41, 5.74) is 0. The molecular formula is C46H89NO5. The maximum atomic E-state index is 13.1. The van der Waals surface area contributed by atoms with Gasteiger partial charge in [0, 0.05) is 6.42 Å². The Kier molecular flexibility index (Phi) is 39.7. The molecule has 3 atom stereocenters. The quantitative estimate of drug-likeness (QED) is 0.0330. The van der Waals surface area contributed by atoms with E-state index >= 15 is 0 Å². The van der Waals surface area contributed by atoms with Crippen LogP contribution in [-0.4, -0.2) is 46.9 Å². The molecule has 3 N–H and O–H groups in total. The first-order valence-electron chi connectivity index (χ1n) is 22.9. The zero-order chi connectivity index (χ0) is 38.2. The average Bonchev–Trinajstić information content (AvgIpc) is 3.13. The van der Waals surface area contributed by atoms with Gasteiger partial charge in [-0.05, 0) is 51.4 Å². The molecule has 308 valence electrons. The molecule has 6 heteroatoms. The number of aliphatic hydroxyl groups is 2. The lowest BCUT2D eigenvalue weighted by Crippen LogP contribution is -2.46. The van der Waals surface area contributed by atoms with Crippen LogP contribution < -0.4 is 5.32 Å². The van der Waals surface area contributed by atoms with Crippen molar-refractivity contribution < 1.29 is 24.5 Å². The number of amides is 1. The van der Waals surface area contributed by atoms with Crippen molar-refractivity contribution in [2.75, 3.05) is 6.61 Å². The first-order chi connectivity index (χ1) is 25.5. The second kappa shape index (κ2) is 40.8. The third-order valence-electron chi connectivity index (χ3n) is 10.6. The molecule has 0 spiro atoms. The van der Waals surface area contributed by atoms with Crippen molar-refractivity contribution in [3.8, 4) is 0 Å². The number of carbonyl (C=O) groups excluding carboxylic acids is 2. The second-order valence-electron chi connectivity index (χ2n) is 15.8. The van der Waals surface area contributed by atoms with Crippen LogP contribution in [0.5, 0.6) is 0 Å². The Hall–Kier alpha value is -1.40. The molecule has 0 aliphatic heterocycles. The van der Waals surface area contributed by atoms with Crippen LogP contribution in [0.25, 0.3) is 0 Å². The summed E-state index contributed by atoms with van der Waals surface area (Å²) in [6, 6.07) is -0.697. The molecule has 0 saturated heterocycles. The van der Waals surface area contributed by atoms with Gasteiger partial charge in [0.15, 0.2) is 0 Å². The number of ether oxygens (including phenoxy) is 1.